The van der Waals surface area contributed by atoms with Crippen molar-refractivity contribution in [3.05, 3.63) is 23.8 Å². The van der Waals surface area contributed by atoms with Crippen LogP contribution in [0.2, 0.25) is 0 Å². The van der Waals surface area contributed by atoms with Gasteiger partial charge in [0.05, 0.1) is 5.69 Å². The van der Waals surface area contributed by atoms with Crippen molar-refractivity contribution in [3.8, 4) is 5.75 Å². The van der Waals surface area contributed by atoms with E-state index < -0.39 is 0 Å². The first-order valence-corrected chi connectivity index (χ1v) is 4.77. The molecule has 1 heterocycles. The molecule has 4 heteroatoms. The number of hydrogen-bond acceptors (Lipinski definition) is 4. The molecule has 76 valence electrons. The van der Waals surface area contributed by atoms with Gasteiger partial charge in [-0.15, -0.1) is 0 Å². The van der Waals surface area contributed by atoms with E-state index in [0.717, 1.165) is 31.9 Å². The van der Waals surface area contributed by atoms with Gasteiger partial charge in [0.1, 0.15) is 5.75 Å². The monoisotopic (exact) mass is 193 g/mol. The summed E-state index contributed by atoms with van der Waals surface area (Å²) in [6.45, 7) is 3.76. The van der Waals surface area contributed by atoms with Gasteiger partial charge in [0.25, 0.3) is 0 Å². The SMILES string of the molecule is Nc1c(O)cccc1CN1CCNC1. The minimum atomic E-state index is 0.176. The first-order chi connectivity index (χ1) is 6.77. The van der Waals surface area contributed by atoms with Crippen LogP contribution in [0.4, 0.5) is 5.69 Å². The van der Waals surface area contributed by atoms with E-state index in [1.165, 1.54) is 0 Å². The Hall–Kier alpha value is -1.26. The molecule has 0 aliphatic carbocycles. The maximum absolute atomic E-state index is 9.41. The lowest BCUT2D eigenvalue weighted by Gasteiger charge is -2.15. The van der Waals surface area contributed by atoms with Crippen molar-refractivity contribution in [2.45, 2.75) is 6.54 Å². The molecule has 1 aliphatic heterocycles. The van der Waals surface area contributed by atoms with Crippen molar-refractivity contribution in [1.82, 2.24) is 10.2 Å². The van der Waals surface area contributed by atoms with Gasteiger partial charge in [-0.3, -0.25) is 4.90 Å². The molecular formula is C10H15N3O. The van der Waals surface area contributed by atoms with Gasteiger partial charge in [-0.25, -0.2) is 0 Å². The third kappa shape index (κ3) is 1.81. The number of nitrogen functional groups attached to an aromatic ring is 1. The Morgan fingerprint density at radius 2 is 2.36 bits per heavy atom. The quantitative estimate of drug-likeness (QED) is 0.468. The fourth-order valence-corrected chi connectivity index (χ4v) is 1.67. The van der Waals surface area contributed by atoms with E-state index in [1.807, 2.05) is 12.1 Å². The number of benzene rings is 1. The van der Waals surface area contributed by atoms with Crippen LogP contribution in [0.5, 0.6) is 5.75 Å². The molecule has 0 bridgehead atoms. The second-order valence-electron chi connectivity index (χ2n) is 3.56. The van der Waals surface area contributed by atoms with E-state index in [2.05, 4.69) is 10.2 Å². The molecule has 14 heavy (non-hydrogen) atoms. The van der Waals surface area contributed by atoms with Crippen molar-refractivity contribution >= 4 is 5.69 Å². The van der Waals surface area contributed by atoms with E-state index in [0.29, 0.717) is 5.69 Å². The number of nitrogens with two attached hydrogens (primary N) is 1. The van der Waals surface area contributed by atoms with Crippen LogP contribution < -0.4 is 11.1 Å². The summed E-state index contributed by atoms with van der Waals surface area (Å²) in [5.41, 5.74) is 7.26. The number of aromatic hydroxyl groups is 1. The van der Waals surface area contributed by atoms with Crippen LogP contribution in [-0.4, -0.2) is 29.8 Å². The van der Waals surface area contributed by atoms with Gasteiger partial charge < -0.3 is 16.2 Å². The molecule has 0 amide bonds. The maximum Gasteiger partial charge on any atom is 0.138 e. The summed E-state index contributed by atoms with van der Waals surface area (Å²) >= 11 is 0. The largest absolute Gasteiger partial charge is 0.506 e. The Kier molecular flexibility index (Phi) is 2.56. The molecule has 1 aromatic rings. The van der Waals surface area contributed by atoms with Crippen LogP contribution in [0.25, 0.3) is 0 Å². The zero-order valence-corrected chi connectivity index (χ0v) is 8.03. The Bertz CT molecular complexity index is 321. The van der Waals surface area contributed by atoms with Crippen molar-refractivity contribution in [1.29, 1.82) is 0 Å². The van der Waals surface area contributed by atoms with Crippen molar-refractivity contribution < 1.29 is 5.11 Å². The summed E-state index contributed by atoms with van der Waals surface area (Å²) in [6, 6.07) is 5.39. The summed E-state index contributed by atoms with van der Waals surface area (Å²) < 4.78 is 0. The highest BCUT2D eigenvalue weighted by molar-refractivity contribution is 5.57. The van der Waals surface area contributed by atoms with Gasteiger partial charge in [0.2, 0.25) is 0 Å². The minimum Gasteiger partial charge on any atom is -0.506 e. The zero-order chi connectivity index (χ0) is 9.97. The van der Waals surface area contributed by atoms with E-state index in [-0.39, 0.29) is 5.75 Å². The smallest absolute Gasteiger partial charge is 0.138 e. The number of nitrogens with one attached hydrogen (secondary N) is 1. The van der Waals surface area contributed by atoms with E-state index in [4.69, 9.17) is 5.73 Å². The average Bonchev–Trinajstić information content (AvgIpc) is 2.66. The molecule has 1 aliphatic rings. The highest BCUT2D eigenvalue weighted by atomic mass is 16.3. The van der Waals surface area contributed by atoms with Crippen LogP contribution in [0.3, 0.4) is 0 Å². The van der Waals surface area contributed by atoms with Crippen LogP contribution in [0.15, 0.2) is 18.2 Å². The Morgan fingerprint density at radius 1 is 1.50 bits per heavy atom. The third-order valence-electron chi connectivity index (χ3n) is 2.51. The highest BCUT2D eigenvalue weighted by Gasteiger charge is 2.13. The van der Waals surface area contributed by atoms with Crippen molar-refractivity contribution in [3.63, 3.8) is 0 Å². The number of phenolic OH excluding ortho intramolecular Hbond substituents is 1. The lowest BCUT2D eigenvalue weighted by Crippen LogP contribution is -2.21. The average molecular weight is 193 g/mol. The van der Waals surface area contributed by atoms with Gasteiger partial charge in [0, 0.05) is 26.3 Å². The van der Waals surface area contributed by atoms with Gasteiger partial charge in [-0.1, -0.05) is 12.1 Å². The predicted octanol–water partition coefficient (Wildman–Crippen LogP) is 0.337. The van der Waals surface area contributed by atoms with Crippen molar-refractivity contribution in [2.24, 2.45) is 0 Å². The van der Waals surface area contributed by atoms with Crippen molar-refractivity contribution in [2.75, 3.05) is 25.5 Å². The molecule has 1 fully saturated rings. The maximum atomic E-state index is 9.41. The summed E-state index contributed by atoms with van der Waals surface area (Å²) in [6.07, 6.45) is 0. The summed E-state index contributed by atoms with van der Waals surface area (Å²) in [4.78, 5) is 2.26. The predicted molar refractivity (Wildman–Crippen MR) is 55.8 cm³/mol. The summed E-state index contributed by atoms with van der Waals surface area (Å²) in [5, 5.41) is 12.7. The lowest BCUT2D eigenvalue weighted by atomic mass is 10.1. The van der Waals surface area contributed by atoms with E-state index in [9.17, 15) is 5.11 Å². The fourth-order valence-electron chi connectivity index (χ4n) is 1.67. The lowest BCUT2D eigenvalue weighted by molar-refractivity contribution is 0.327. The molecule has 1 aromatic carbocycles. The third-order valence-corrected chi connectivity index (χ3v) is 2.51. The van der Waals surface area contributed by atoms with Gasteiger partial charge in [-0.2, -0.15) is 0 Å². The number of para-hydroxylation sites is 1. The Balaban J connectivity index is 2.11. The Labute approximate surface area is 83.3 Å². The number of phenols is 1. The summed E-state index contributed by atoms with van der Waals surface area (Å²) in [7, 11) is 0. The number of anilines is 1. The number of hydrogen-bond donors (Lipinski definition) is 3. The molecule has 0 spiro atoms. The molecule has 0 saturated carbocycles. The topological polar surface area (TPSA) is 61.5 Å². The van der Waals surface area contributed by atoms with Gasteiger partial charge in [0.15, 0.2) is 0 Å². The molecule has 0 unspecified atom stereocenters. The molecule has 0 aromatic heterocycles. The normalized spacial score (nSPS) is 17.4. The molecule has 0 radical (unpaired) electrons. The zero-order valence-electron chi connectivity index (χ0n) is 8.03. The first-order valence-electron chi connectivity index (χ1n) is 4.77. The number of rotatable bonds is 2. The minimum absolute atomic E-state index is 0.176. The summed E-state index contributed by atoms with van der Waals surface area (Å²) in [5.74, 6) is 0.176. The molecule has 4 N–H and O–H groups in total. The molecule has 4 nitrogen and oxygen atoms in total. The van der Waals surface area contributed by atoms with Crippen LogP contribution in [-0.2, 0) is 6.54 Å². The standard InChI is InChI=1S/C10H15N3O/c11-10-8(2-1-3-9(10)14)6-13-5-4-12-7-13/h1-3,12,14H,4-7,11H2. The number of nitrogens with zero attached hydrogens (tertiary/aromatic N) is 1. The van der Waals surface area contributed by atoms with E-state index in [1.54, 1.807) is 6.07 Å². The molecule has 2 rings (SSSR count). The molecule has 0 atom stereocenters. The molecular weight excluding hydrogens is 178 g/mol. The van der Waals surface area contributed by atoms with Gasteiger partial charge in [-0.05, 0) is 11.6 Å². The first kappa shape index (κ1) is 9.30. The second kappa shape index (κ2) is 3.86. The van der Waals surface area contributed by atoms with E-state index >= 15 is 0 Å². The van der Waals surface area contributed by atoms with Crippen LogP contribution in [0, 0.1) is 0 Å². The van der Waals surface area contributed by atoms with Crippen LogP contribution in [0.1, 0.15) is 5.56 Å². The van der Waals surface area contributed by atoms with Gasteiger partial charge >= 0.3 is 0 Å². The highest BCUT2D eigenvalue weighted by Crippen LogP contribution is 2.24. The Morgan fingerprint density at radius 3 is 3.07 bits per heavy atom. The fraction of sp³-hybridized carbons (Fsp3) is 0.400. The second-order valence-corrected chi connectivity index (χ2v) is 3.56. The van der Waals surface area contributed by atoms with Crippen LogP contribution >= 0.6 is 0 Å². The molecule has 1 saturated heterocycles.